The summed E-state index contributed by atoms with van der Waals surface area (Å²) in [5.74, 6) is 0.149. The van der Waals surface area contributed by atoms with Crippen molar-refractivity contribution in [2.75, 3.05) is 6.26 Å². The Morgan fingerprint density at radius 2 is 1.93 bits per heavy atom. The Morgan fingerprint density at radius 1 is 1.33 bits per heavy atom. The van der Waals surface area contributed by atoms with E-state index in [1.807, 2.05) is 13.8 Å². The van der Waals surface area contributed by atoms with Crippen molar-refractivity contribution in [1.82, 2.24) is 0 Å². The van der Waals surface area contributed by atoms with Gasteiger partial charge in [-0.2, -0.15) is 0 Å². The molecule has 15 heavy (non-hydrogen) atoms. The molecule has 0 amide bonds. The van der Waals surface area contributed by atoms with Crippen LogP contribution in [0.15, 0.2) is 23.1 Å². The summed E-state index contributed by atoms with van der Waals surface area (Å²) >= 11 is 0. The van der Waals surface area contributed by atoms with E-state index in [1.54, 1.807) is 12.1 Å². The third-order valence-corrected chi connectivity index (χ3v) is 3.29. The number of benzene rings is 1. The van der Waals surface area contributed by atoms with E-state index in [0.717, 1.165) is 11.8 Å². The molecule has 0 aliphatic carbocycles. The topological polar surface area (TPSA) is 38.5 Å². The highest BCUT2D eigenvalue weighted by atomic mass is 32.2. The fourth-order valence-electron chi connectivity index (χ4n) is 1.42. The lowest BCUT2D eigenvalue weighted by Crippen LogP contribution is -1.99. The molecule has 0 aromatic heterocycles. The second-order valence-corrected chi connectivity index (χ2v) is 5.72. The summed E-state index contributed by atoms with van der Waals surface area (Å²) in [5.41, 5.74) is 1.04. The minimum atomic E-state index is -3.32. The first kappa shape index (κ1) is 11.7. The van der Waals surface area contributed by atoms with Gasteiger partial charge in [0.05, 0.1) is 11.5 Å². The molecule has 3 nitrogen and oxygen atoms in total. The first-order valence-corrected chi connectivity index (χ1v) is 6.47. The van der Waals surface area contributed by atoms with E-state index in [-0.39, 0.29) is 16.5 Å². The van der Waals surface area contributed by atoms with Gasteiger partial charge in [0, 0.05) is 6.26 Å². The van der Waals surface area contributed by atoms with Gasteiger partial charge in [0.2, 0.25) is 5.69 Å². The van der Waals surface area contributed by atoms with Crippen LogP contribution in [0.1, 0.15) is 25.3 Å². The van der Waals surface area contributed by atoms with E-state index in [9.17, 15) is 8.42 Å². The summed E-state index contributed by atoms with van der Waals surface area (Å²) in [6.45, 7) is 10.9. The van der Waals surface area contributed by atoms with Gasteiger partial charge in [0.15, 0.2) is 9.84 Å². The van der Waals surface area contributed by atoms with Crippen LogP contribution in [-0.4, -0.2) is 14.7 Å². The highest BCUT2D eigenvalue weighted by Crippen LogP contribution is 2.33. The summed E-state index contributed by atoms with van der Waals surface area (Å²) in [4.78, 5) is 3.46. The molecule has 0 radical (unpaired) electrons. The zero-order chi connectivity index (χ0) is 11.6. The van der Waals surface area contributed by atoms with Crippen molar-refractivity contribution in [2.45, 2.75) is 24.7 Å². The predicted octanol–water partition coefficient (Wildman–Crippen LogP) is 2.76. The van der Waals surface area contributed by atoms with Crippen LogP contribution in [0.3, 0.4) is 0 Å². The molecule has 0 aliphatic heterocycles. The summed E-state index contributed by atoms with van der Waals surface area (Å²) in [6, 6.07) is 4.96. The normalized spacial score (nSPS) is 11.4. The Morgan fingerprint density at radius 3 is 2.33 bits per heavy atom. The lowest BCUT2D eigenvalue weighted by Gasteiger charge is -2.10. The Kier molecular flexibility index (Phi) is 3.15. The Balaban J connectivity index is 3.58. The summed E-state index contributed by atoms with van der Waals surface area (Å²) in [6.07, 6.45) is 1.13. The van der Waals surface area contributed by atoms with Crippen LogP contribution < -0.4 is 0 Å². The van der Waals surface area contributed by atoms with Crippen LogP contribution in [0, 0.1) is 6.57 Å². The fourth-order valence-corrected chi connectivity index (χ4v) is 2.26. The van der Waals surface area contributed by atoms with Crippen molar-refractivity contribution in [1.29, 1.82) is 0 Å². The van der Waals surface area contributed by atoms with Crippen LogP contribution >= 0.6 is 0 Å². The van der Waals surface area contributed by atoms with Gasteiger partial charge in [-0.1, -0.05) is 32.0 Å². The standard InChI is InChI=1S/C11H13NO2S/c1-8(2)9-6-5-7-10(11(9)12-3)15(4,13)14/h5-8H,1-2,4H3. The van der Waals surface area contributed by atoms with Gasteiger partial charge >= 0.3 is 0 Å². The zero-order valence-corrected chi connectivity index (χ0v) is 9.80. The van der Waals surface area contributed by atoms with E-state index >= 15 is 0 Å². The van der Waals surface area contributed by atoms with Gasteiger partial charge < -0.3 is 0 Å². The van der Waals surface area contributed by atoms with Crippen LogP contribution in [0.2, 0.25) is 0 Å². The molecule has 0 aliphatic rings. The molecule has 0 bridgehead atoms. The maximum absolute atomic E-state index is 11.4. The van der Waals surface area contributed by atoms with E-state index in [1.165, 1.54) is 6.07 Å². The van der Waals surface area contributed by atoms with Gasteiger partial charge in [0.1, 0.15) is 0 Å². The maximum atomic E-state index is 11.4. The van der Waals surface area contributed by atoms with Gasteiger partial charge in [-0.3, -0.25) is 0 Å². The molecule has 1 rings (SSSR count). The second kappa shape index (κ2) is 4.03. The molecule has 0 fully saturated rings. The van der Waals surface area contributed by atoms with Crippen molar-refractivity contribution < 1.29 is 8.42 Å². The first-order valence-electron chi connectivity index (χ1n) is 4.58. The molecule has 0 heterocycles. The van der Waals surface area contributed by atoms with Crippen LogP contribution in [-0.2, 0) is 9.84 Å². The summed E-state index contributed by atoms with van der Waals surface area (Å²) in [7, 11) is -3.32. The van der Waals surface area contributed by atoms with Crippen molar-refractivity contribution in [2.24, 2.45) is 0 Å². The molecule has 0 spiro atoms. The van der Waals surface area contributed by atoms with E-state index < -0.39 is 9.84 Å². The molecular weight excluding hydrogens is 210 g/mol. The quantitative estimate of drug-likeness (QED) is 0.723. The lowest BCUT2D eigenvalue weighted by molar-refractivity contribution is 0.602. The molecule has 0 saturated heterocycles. The van der Waals surface area contributed by atoms with Crippen molar-refractivity contribution in [3.8, 4) is 0 Å². The summed E-state index contributed by atoms with van der Waals surface area (Å²) in [5, 5.41) is 0. The number of rotatable bonds is 2. The Labute approximate surface area is 90.5 Å². The molecule has 0 saturated carbocycles. The fraction of sp³-hybridized carbons (Fsp3) is 0.364. The molecule has 4 heteroatoms. The number of sulfone groups is 1. The molecule has 0 unspecified atom stereocenters. The number of hydrogen-bond acceptors (Lipinski definition) is 2. The SMILES string of the molecule is [C-]#[N+]c1c(C(C)C)cccc1S(C)(=O)=O. The Hall–Kier alpha value is -1.34. The van der Waals surface area contributed by atoms with Crippen molar-refractivity contribution >= 4 is 15.5 Å². The Bertz CT molecular complexity index is 510. The smallest absolute Gasteiger partial charge is 0.208 e. The highest BCUT2D eigenvalue weighted by molar-refractivity contribution is 7.90. The predicted molar refractivity (Wildman–Crippen MR) is 59.9 cm³/mol. The van der Waals surface area contributed by atoms with Crippen LogP contribution in [0.4, 0.5) is 5.69 Å². The minimum Gasteiger partial charge on any atom is -0.236 e. The number of nitrogens with zero attached hydrogens (tertiary/aromatic N) is 1. The first-order chi connectivity index (χ1) is 6.88. The maximum Gasteiger partial charge on any atom is 0.208 e. The second-order valence-electron chi connectivity index (χ2n) is 3.73. The molecule has 1 aromatic carbocycles. The van der Waals surface area contributed by atoms with E-state index in [4.69, 9.17) is 6.57 Å². The van der Waals surface area contributed by atoms with Gasteiger partial charge in [-0.05, 0) is 11.5 Å². The molecule has 1 aromatic rings. The average Bonchev–Trinajstić information content (AvgIpc) is 2.15. The van der Waals surface area contributed by atoms with E-state index in [2.05, 4.69) is 4.85 Å². The van der Waals surface area contributed by atoms with Crippen LogP contribution in [0.5, 0.6) is 0 Å². The summed E-state index contributed by atoms with van der Waals surface area (Å²) < 4.78 is 22.9. The van der Waals surface area contributed by atoms with Gasteiger partial charge in [-0.25, -0.2) is 13.3 Å². The average molecular weight is 223 g/mol. The largest absolute Gasteiger partial charge is 0.236 e. The molecular formula is C11H13NO2S. The van der Waals surface area contributed by atoms with Crippen LogP contribution in [0.25, 0.3) is 4.85 Å². The van der Waals surface area contributed by atoms with Crippen molar-refractivity contribution in [3.05, 3.63) is 35.2 Å². The monoisotopic (exact) mass is 223 g/mol. The number of hydrogen-bond donors (Lipinski definition) is 0. The minimum absolute atomic E-state index is 0.128. The third-order valence-electron chi connectivity index (χ3n) is 2.16. The lowest BCUT2D eigenvalue weighted by atomic mass is 10.0. The van der Waals surface area contributed by atoms with Crippen molar-refractivity contribution in [3.63, 3.8) is 0 Å². The third kappa shape index (κ3) is 2.37. The molecule has 80 valence electrons. The van der Waals surface area contributed by atoms with Gasteiger partial charge in [-0.15, -0.1) is 0 Å². The number of para-hydroxylation sites is 1. The molecule has 0 N–H and O–H groups in total. The highest BCUT2D eigenvalue weighted by Gasteiger charge is 2.17. The van der Waals surface area contributed by atoms with E-state index in [0.29, 0.717) is 0 Å². The zero-order valence-electron chi connectivity index (χ0n) is 8.98. The van der Waals surface area contributed by atoms with Gasteiger partial charge in [0.25, 0.3) is 0 Å². The molecule has 0 atom stereocenters.